The van der Waals surface area contributed by atoms with Gasteiger partial charge in [0.2, 0.25) is 0 Å². The quantitative estimate of drug-likeness (QED) is 0.555. The van der Waals surface area contributed by atoms with Crippen LogP contribution in [-0.4, -0.2) is 56.0 Å². The van der Waals surface area contributed by atoms with Crippen LogP contribution < -0.4 is 5.32 Å². The normalized spacial score (nSPS) is 32.8. The highest BCUT2D eigenvalue weighted by Crippen LogP contribution is 2.34. The molecule has 1 aromatic carbocycles. The minimum atomic E-state index is -4.43. The van der Waals surface area contributed by atoms with Crippen LogP contribution in [0.4, 0.5) is 18.9 Å². The third-order valence-electron chi connectivity index (χ3n) is 3.41. The number of thioether (sulfide) groups is 1. The number of benzene rings is 1. The summed E-state index contributed by atoms with van der Waals surface area (Å²) in [5.41, 5.74) is -0.469. The molecule has 124 valence electrons. The highest BCUT2D eigenvalue weighted by atomic mass is 32.2. The third kappa shape index (κ3) is 3.66. The van der Waals surface area contributed by atoms with Crippen LogP contribution in [0.1, 0.15) is 5.56 Å². The number of alkyl halides is 3. The first-order chi connectivity index (χ1) is 10.2. The minimum Gasteiger partial charge on any atom is -0.395 e. The van der Waals surface area contributed by atoms with Gasteiger partial charge in [0, 0.05) is 5.69 Å². The van der Waals surface area contributed by atoms with Gasteiger partial charge < -0.3 is 25.7 Å². The number of nitrogens with one attached hydrogen (secondary N) is 1. The average Bonchev–Trinajstić information content (AvgIpc) is 2.47. The summed E-state index contributed by atoms with van der Waals surface area (Å²) in [6, 6.07) is 4.22. The monoisotopic (exact) mass is 339 g/mol. The summed E-state index contributed by atoms with van der Waals surface area (Å²) in [6.45, 7) is -0.402. The number of rotatable bonds is 3. The van der Waals surface area contributed by atoms with Crippen molar-refractivity contribution in [3.8, 4) is 0 Å². The molecule has 0 saturated carbocycles. The van der Waals surface area contributed by atoms with E-state index in [0.717, 1.165) is 23.9 Å². The van der Waals surface area contributed by atoms with Gasteiger partial charge in [0.25, 0.3) is 0 Å². The SMILES string of the molecule is OC[C@H]1S[C@@H](Nc2ccc(C(F)(F)F)cc2)[C@H](O)[C@@H](O)[C@@H]1O. The highest BCUT2D eigenvalue weighted by Gasteiger charge is 2.43. The fraction of sp³-hybridized carbons (Fsp3) is 0.538. The van der Waals surface area contributed by atoms with Crippen molar-refractivity contribution >= 4 is 17.4 Å². The van der Waals surface area contributed by atoms with Gasteiger partial charge in [-0.05, 0) is 24.3 Å². The maximum Gasteiger partial charge on any atom is 0.416 e. The Morgan fingerprint density at radius 1 is 1.00 bits per heavy atom. The van der Waals surface area contributed by atoms with E-state index in [1.54, 1.807) is 0 Å². The Morgan fingerprint density at radius 2 is 1.59 bits per heavy atom. The van der Waals surface area contributed by atoms with Crippen LogP contribution in [0.3, 0.4) is 0 Å². The van der Waals surface area contributed by atoms with Gasteiger partial charge in [0.15, 0.2) is 0 Å². The van der Waals surface area contributed by atoms with Gasteiger partial charge in [-0.2, -0.15) is 13.2 Å². The lowest BCUT2D eigenvalue weighted by atomic mass is 10.0. The Hall–Kier alpha value is -1.00. The molecule has 2 rings (SSSR count). The van der Waals surface area contributed by atoms with E-state index in [4.69, 9.17) is 5.11 Å². The molecular weight excluding hydrogens is 323 g/mol. The van der Waals surface area contributed by atoms with E-state index in [9.17, 15) is 28.5 Å². The molecule has 1 fully saturated rings. The zero-order valence-corrected chi connectivity index (χ0v) is 12.1. The molecule has 1 aliphatic rings. The predicted octanol–water partition coefficient (Wildman–Crippen LogP) is 0.634. The van der Waals surface area contributed by atoms with Crippen LogP contribution in [0, 0.1) is 0 Å². The smallest absolute Gasteiger partial charge is 0.395 e. The maximum atomic E-state index is 12.5. The Bertz CT molecular complexity index is 497. The summed E-state index contributed by atoms with van der Waals surface area (Å²) in [5.74, 6) is 0. The molecule has 0 radical (unpaired) electrons. The molecule has 1 heterocycles. The second-order valence-electron chi connectivity index (χ2n) is 4.97. The van der Waals surface area contributed by atoms with Crippen LogP contribution >= 0.6 is 11.8 Å². The van der Waals surface area contributed by atoms with E-state index in [0.29, 0.717) is 5.69 Å². The Labute approximate surface area is 128 Å². The molecule has 0 aromatic heterocycles. The summed E-state index contributed by atoms with van der Waals surface area (Å²) in [4.78, 5) is 0. The second kappa shape index (κ2) is 6.63. The maximum absolute atomic E-state index is 12.5. The lowest BCUT2D eigenvalue weighted by molar-refractivity contribution is -0.137. The Kier molecular flexibility index (Phi) is 5.23. The molecule has 22 heavy (non-hydrogen) atoms. The van der Waals surface area contributed by atoms with E-state index in [1.807, 2.05) is 0 Å². The van der Waals surface area contributed by atoms with Crippen LogP contribution in [0.5, 0.6) is 0 Å². The summed E-state index contributed by atoms with van der Waals surface area (Å²) in [5, 5.41) is 39.8. The molecule has 0 spiro atoms. The zero-order valence-electron chi connectivity index (χ0n) is 11.2. The van der Waals surface area contributed by atoms with Crippen molar-refractivity contribution < 1.29 is 33.6 Å². The molecule has 1 aromatic rings. The molecule has 0 aliphatic carbocycles. The van der Waals surface area contributed by atoms with Crippen molar-refractivity contribution in [1.29, 1.82) is 0 Å². The molecule has 1 saturated heterocycles. The summed E-state index contributed by atoms with van der Waals surface area (Å²) >= 11 is 1.01. The molecular formula is C13H16F3NO4S. The molecule has 5 atom stereocenters. The van der Waals surface area contributed by atoms with Crippen LogP contribution in [-0.2, 0) is 6.18 Å². The van der Waals surface area contributed by atoms with Gasteiger partial charge in [-0.1, -0.05) is 0 Å². The number of halogens is 3. The third-order valence-corrected chi connectivity index (χ3v) is 4.88. The van der Waals surface area contributed by atoms with Crippen molar-refractivity contribution in [3.63, 3.8) is 0 Å². The first-order valence-corrected chi connectivity index (χ1v) is 7.42. The zero-order chi connectivity index (χ0) is 16.5. The standard InChI is InChI=1S/C13H16F3NO4S/c14-13(15,16)6-1-3-7(4-2-6)17-12-11(21)10(20)9(19)8(5-18)22-12/h1-4,8-12,17-21H,5H2/t8-,9-,10+,11-,12-/m1/s1. The first-order valence-electron chi connectivity index (χ1n) is 6.48. The van der Waals surface area contributed by atoms with E-state index in [1.165, 1.54) is 12.1 Å². The molecule has 1 aliphatic heterocycles. The van der Waals surface area contributed by atoms with E-state index < -0.39 is 47.3 Å². The number of aliphatic hydroxyl groups excluding tert-OH is 4. The van der Waals surface area contributed by atoms with Crippen LogP contribution in [0.25, 0.3) is 0 Å². The van der Waals surface area contributed by atoms with Crippen molar-refractivity contribution in [3.05, 3.63) is 29.8 Å². The van der Waals surface area contributed by atoms with Crippen molar-refractivity contribution in [2.45, 2.75) is 35.1 Å². The molecule has 5 nitrogen and oxygen atoms in total. The van der Waals surface area contributed by atoms with E-state index in [2.05, 4.69) is 5.32 Å². The molecule has 0 amide bonds. The largest absolute Gasteiger partial charge is 0.416 e. The van der Waals surface area contributed by atoms with Gasteiger partial charge in [-0.15, -0.1) is 11.8 Å². The molecule has 9 heteroatoms. The number of hydrogen-bond acceptors (Lipinski definition) is 6. The van der Waals surface area contributed by atoms with Crippen molar-refractivity contribution in [2.24, 2.45) is 0 Å². The fourth-order valence-electron chi connectivity index (χ4n) is 2.14. The van der Waals surface area contributed by atoms with Gasteiger partial charge in [0.1, 0.15) is 17.6 Å². The Morgan fingerprint density at radius 3 is 2.09 bits per heavy atom. The lowest BCUT2D eigenvalue weighted by Gasteiger charge is -2.40. The number of aliphatic hydroxyl groups is 4. The highest BCUT2D eigenvalue weighted by molar-refractivity contribution is 8.00. The van der Waals surface area contributed by atoms with Crippen molar-refractivity contribution in [1.82, 2.24) is 0 Å². The lowest BCUT2D eigenvalue weighted by Crippen LogP contribution is -2.56. The second-order valence-corrected chi connectivity index (χ2v) is 6.35. The van der Waals surface area contributed by atoms with Gasteiger partial charge >= 0.3 is 6.18 Å². The van der Waals surface area contributed by atoms with Gasteiger partial charge in [0.05, 0.1) is 23.5 Å². The molecule has 0 unspecified atom stereocenters. The summed E-state index contributed by atoms with van der Waals surface area (Å²) < 4.78 is 37.4. The van der Waals surface area contributed by atoms with E-state index in [-0.39, 0.29) is 0 Å². The summed E-state index contributed by atoms with van der Waals surface area (Å²) in [6.07, 6.45) is -8.49. The van der Waals surface area contributed by atoms with Crippen LogP contribution in [0.2, 0.25) is 0 Å². The number of anilines is 1. The average molecular weight is 339 g/mol. The van der Waals surface area contributed by atoms with Gasteiger partial charge in [-0.3, -0.25) is 0 Å². The van der Waals surface area contributed by atoms with E-state index >= 15 is 0 Å². The van der Waals surface area contributed by atoms with Gasteiger partial charge in [-0.25, -0.2) is 0 Å². The first kappa shape index (κ1) is 17.4. The van der Waals surface area contributed by atoms with Crippen molar-refractivity contribution in [2.75, 3.05) is 11.9 Å². The topological polar surface area (TPSA) is 93.0 Å². The molecule has 0 bridgehead atoms. The minimum absolute atomic E-state index is 0.324. The number of hydrogen-bond donors (Lipinski definition) is 5. The van der Waals surface area contributed by atoms with Crippen LogP contribution in [0.15, 0.2) is 24.3 Å². The fourth-order valence-corrected chi connectivity index (χ4v) is 3.45. The summed E-state index contributed by atoms with van der Waals surface area (Å²) in [7, 11) is 0. The molecule has 5 N–H and O–H groups in total. The Balaban J connectivity index is 2.09. The predicted molar refractivity (Wildman–Crippen MR) is 75.3 cm³/mol.